The topological polar surface area (TPSA) is 63.3 Å². The number of benzene rings is 1. The normalized spacial score (nSPS) is 14.8. The maximum absolute atomic E-state index is 12.5. The number of halogens is 2. The minimum Gasteiger partial charge on any atom is -0.455 e. The Kier molecular flexibility index (Phi) is 6.23. The molecule has 1 aliphatic rings. The Morgan fingerprint density at radius 1 is 1.03 bits per heavy atom. The van der Waals surface area contributed by atoms with Gasteiger partial charge in [0.2, 0.25) is 0 Å². The molecule has 6 nitrogen and oxygen atoms in total. The van der Waals surface area contributed by atoms with Crippen LogP contribution in [-0.2, 0) is 13.1 Å². The van der Waals surface area contributed by atoms with Gasteiger partial charge in [-0.25, -0.2) is 0 Å². The van der Waals surface area contributed by atoms with Crippen molar-refractivity contribution in [2.45, 2.75) is 32.4 Å². The number of carbonyl (C=O) groups excluding carboxylic acids is 1. The van der Waals surface area contributed by atoms with Crippen molar-refractivity contribution in [2.75, 3.05) is 18.4 Å². The smallest absolute Gasteiger partial charge is 0.292 e. The zero-order valence-electron chi connectivity index (χ0n) is 15.9. The fraction of sp³-hybridized carbons (Fsp3) is 0.333. The standard InChI is InChI=1S/C21H22Cl2N4O2/c22-17-5-4-6-18(23)16(17)14-27-12-9-20(25-27)24-21(28)19-8-7-15(29-19)13-26-10-2-1-3-11-26/h4-9,12H,1-3,10-11,13-14H2,(H,24,25,28). The molecular formula is C21H22Cl2N4O2. The average Bonchev–Trinajstić information content (AvgIpc) is 3.35. The molecular weight excluding hydrogens is 411 g/mol. The SMILES string of the molecule is O=C(Nc1ccn(Cc2c(Cl)cccc2Cl)n1)c1ccc(CN2CCCCC2)o1. The Balaban J connectivity index is 1.37. The van der Waals surface area contributed by atoms with E-state index in [-0.39, 0.29) is 11.7 Å². The minimum absolute atomic E-state index is 0.278. The van der Waals surface area contributed by atoms with E-state index in [0.29, 0.717) is 22.4 Å². The van der Waals surface area contributed by atoms with Crippen LogP contribution < -0.4 is 5.32 Å². The molecule has 0 radical (unpaired) electrons. The fourth-order valence-electron chi connectivity index (χ4n) is 3.46. The molecule has 29 heavy (non-hydrogen) atoms. The highest BCUT2D eigenvalue weighted by atomic mass is 35.5. The Labute approximate surface area is 179 Å². The predicted molar refractivity (Wildman–Crippen MR) is 114 cm³/mol. The summed E-state index contributed by atoms with van der Waals surface area (Å²) < 4.78 is 7.40. The lowest BCUT2D eigenvalue weighted by molar-refractivity contribution is 0.0991. The number of aromatic nitrogens is 2. The minimum atomic E-state index is -0.323. The molecule has 0 atom stereocenters. The monoisotopic (exact) mass is 432 g/mol. The van der Waals surface area contributed by atoms with Crippen LogP contribution in [0.25, 0.3) is 0 Å². The molecule has 0 spiro atoms. The van der Waals surface area contributed by atoms with E-state index < -0.39 is 0 Å². The number of likely N-dealkylation sites (tertiary alicyclic amines) is 1. The Morgan fingerprint density at radius 2 is 1.79 bits per heavy atom. The van der Waals surface area contributed by atoms with Gasteiger partial charge in [0.05, 0.1) is 13.1 Å². The van der Waals surface area contributed by atoms with E-state index in [4.69, 9.17) is 27.6 Å². The molecule has 1 N–H and O–H groups in total. The summed E-state index contributed by atoms with van der Waals surface area (Å²) in [4.78, 5) is 14.8. The van der Waals surface area contributed by atoms with E-state index in [0.717, 1.165) is 31.0 Å². The number of amides is 1. The molecule has 1 saturated heterocycles. The van der Waals surface area contributed by atoms with Gasteiger partial charge in [-0.1, -0.05) is 35.7 Å². The number of carbonyl (C=O) groups is 1. The second kappa shape index (κ2) is 9.03. The largest absolute Gasteiger partial charge is 0.455 e. The summed E-state index contributed by atoms with van der Waals surface area (Å²) in [7, 11) is 0. The highest BCUT2D eigenvalue weighted by molar-refractivity contribution is 6.35. The van der Waals surface area contributed by atoms with Crippen LogP contribution in [0.4, 0.5) is 5.82 Å². The zero-order valence-corrected chi connectivity index (χ0v) is 17.4. The molecule has 0 unspecified atom stereocenters. The number of rotatable bonds is 6. The molecule has 0 aliphatic carbocycles. The molecule has 0 saturated carbocycles. The van der Waals surface area contributed by atoms with Gasteiger partial charge < -0.3 is 9.73 Å². The number of furan rings is 1. The summed E-state index contributed by atoms with van der Waals surface area (Å²) in [6.45, 7) is 3.31. The molecule has 0 bridgehead atoms. The molecule has 3 heterocycles. The Morgan fingerprint density at radius 3 is 2.55 bits per heavy atom. The molecule has 1 aliphatic heterocycles. The molecule has 3 aromatic rings. The summed E-state index contributed by atoms with van der Waals surface area (Å²) in [6.07, 6.45) is 5.49. The van der Waals surface area contributed by atoms with Crippen molar-refractivity contribution >= 4 is 34.9 Å². The third-order valence-corrected chi connectivity index (χ3v) is 5.69. The number of nitrogens with zero attached hydrogens (tertiary/aromatic N) is 3. The first-order valence-electron chi connectivity index (χ1n) is 9.67. The summed E-state index contributed by atoms with van der Waals surface area (Å²) >= 11 is 12.4. The average molecular weight is 433 g/mol. The van der Waals surface area contributed by atoms with Crippen LogP contribution in [0, 0.1) is 0 Å². The summed E-state index contributed by atoms with van der Waals surface area (Å²) in [5.74, 6) is 1.19. The quantitative estimate of drug-likeness (QED) is 0.590. The van der Waals surface area contributed by atoms with Crippen molar-refractivity contribution in [3.8, 4) is 0 Å². The summed E-state index contributed by atoms with van der Waals surface area (Å²) in [5.41, 5.74) is 0.783. The van der Waals surface area contributed by atoms with Crippen molar-refractivity contribution in [2.24, 2.45) is 0 Å². The van der Waals surface area contributed by atoms with Crippen LogP contribution in [0.15, 0.2) is 47.0 Å². The Hall–Kier alpha value is -2.28. The molecule has 152 valence electrons. The van der Waals surface area contributed by atoms with E-state index in [1.54, 1.807) is 41.2 Å². The molecule has 8 heteroatoms. The molecule has 1 fully saturated rings. The number of hydrogen-bond acceptors (Lipinski definition) is 4. The summed E-state index contributed by atoms with van der Waals surface area (Å²) in [6, 6.07) is 10.7. The van der Waals surface area contributed by atoms with E-state index >= 15 is 0 Å². The van der Waals surface area contributed by atoms with Crippen molar-refractivity contribution in [1.29, 1.82) is 0 Å². The number of piperidine rings is 1. The van der Waals surface area contributed by atoms with Crippen LogP contribution in [0.3, 0.4) is 0 Å². The van der Waals surface area contributed by atoms with Gasteiger partial charge in [0, 0.05) is 27.9 Å². The third-order valence-electron chi connectivity index (χ3n) is 4.98. The Bertz CT molecular complexity index is 972. The molecule has 2 aromatic heterocycles. The van der Waals surface area contributed by atoms with Gasteiger partial charge >= 0.3 is 0 Å². The zero-order chi connectivity index (χ0) is 20.2. The van der Waals surface area contributed by atoms with Gasteiger partial charge in [0.1, 0.15) is 5.76 Å². The van der Waals surface area contributed by atoms with Crippen LogP contribution in [0.1, 0.15) is 41.1 Å². The highest BCUT2D eigenvalue weighted by Crippen LogP contribution is 2.25. The maximum atomic E-state index is 12.5. The van der Waals surface area contributed by atoms with E-state index in [1.165, 1.54) is 19.3 Å². The van der Waals surface area contributed by atoms with Crippen LogP contribution in [0.2, 0.25) is 10.0 Å². The van der Waals surface area contributed by atoms with Gasteiger partial charge in [0.15, 0.2) is 11.6 Å². The maximum Gasteiger partial charge on any atom is 0.292 e. The van der Waals surface area contributed by atoms with Gasteiger partial charge in [0.25, 0.3) is 5.91 Å². The highest BCUT2D eigenvalue weighted by Gasteiger charge is 2.16. The van der Waals surface area contributed by atoms with Crippen molar-refractivity contribution in [3.63, 3.8) is 0 Å². The first-order chi connectivity index (χ1) is 14.1. The first-order valence-corrected chi connectivity index (χ1v) is 10.4. The predicted octanol–water partition coefficient (Wildman–Crippen LogP) is 5.07. The number of hydrogen-bond donors (Lipinski definition) is 1. The van der Waals surface area contributed by atoms with Crippen molar-refractivity contribution in [3.05, 3.63) is 69.7 Å². The van der Waals surface area contributed by atoms with Crippen molar-refractivity contribution < 1.29 is 9.21 Å². The van der Waals surface area contributed by atoms with Gasteiger partial charge in [-0.15, -0.1) is 0 Å². The third kappa shape index (κ3) is 5.01. The lowest BCUT2D eigenvalue weighted by Gasteiger charge is -2.25. The van der Waals surface area contributed by atoms with Gasteiger partial charge in [-0.3, -0.25) is 14.4 Å². The van der Waals surface area contributed by atoms with Gasteiger partial charge in [-0.2, -0.15) is 5.10 Å². The van der Waals surface area contributed by atoms with Crippen LogP contribution in [-0.4, -0.2) is 33.7 Å². The van der Waals surface area contributed by atoms with E-state index in [1.807, 2.05) is 6.07 Å². The lowest BCUT2D eigenvalue weighted by Crippen LogP contribution is -2.28. The van der Waals surface area contributed by atoms with Crippen molar-refractivity contribution in [1.82, 2.24) is 14.7 Å². The molecule has 4 rings (SSSR count). The van der Waals surface area contributed by atoms with E-state index in [9.17, 15) is 4.79 Å². The number of anilines is 1. The first kappa shape index (κ1) is 20.0. The van der Waals surface area contributed by atoms with Crippen LogP contribution >= 0.6 is 23.2 Å². The second-order valence-electron chi connectivity index (χ2n) is 7.16. The van der Waals surface area contributed by atoms with Gasteiger partial charge in [-0.05, 0) is 50.2 Å². The second-order valence-corrected chi connectivity index (χ2v) is 7.97. The fourth-order valence-corrected chi connectivity index (χ4v) is 3.98. The van der Waals surface area contributed by atoms with E-state index in [2.05, 4.69) is 15.3 Å². The number of nitrogens with one attached hydrogen (secondary N) is 1. The summed E-state index contributed by atoms with van der Waals surface area (Å²) in [5, 5.41) is 8.30. The molecule has 1 amide bonds. The van der Waals surface area contributed by atoms with Crippen LogP contribution in [0.5, 0.6) is 0 Å². The lowest BCUT2D eigenvalue weighted by atomic mass is 10.1. The molecule has 1 aromatic carbocycles.